The zero-order valence-electron chi connectivity index (χ0n) is 11.5. The highest BCUT2D eigenvalue weighted by molar-refractivity contribution is 5.68. The van der Waals surface area contributed by atoms with Crippen molar-refractivity contribution in [2.45, 2.75) is 0 Å². The molecule has 8 heteroatoms. The lowest BCUT2D eigenvalue weighted by atomic mass is 10.3. The van der Waals surface area contributed by atoms with Crippen molar-refractivity contribution >= 4 is 11.8 Å². The molecular formula is C14H12N2O6. The van der Waals surface area contributed by atoms with E-state index in [0.29, 0.717) is 17.2 Å². The molecule has 0 atom stereocenters. The average molecular weight is 304 g/mol. The summed E-state index contributed by atoms with van der Waals surface area (Å²) in [7, 11) is 1.42. The van der Waals surface area contributed by atoms with Crippen LogP contribution in [0.2, 0.25) is 0 Å². The predicted octanol–water partition coefficient (Wildman–Crippen LogP) is 2.85. The van der Waals surface area contributed by atoms with Crippen molar-refractivity contribution in [3.8, 4) is 23.0 Å². The maximum Gasteiger partial charge on any atom is 0.409 e. The quantitative estimate of drug-likeness (QED) is 0.671. The molecule has 0 spiro atoms. The number of nitro groups is 1. The van der Waals surface area contributed by atoms with Gasteiger partial charge in [-0.05, 0) is 24.3 Å². The van der Waals surface area contributed by atoms with Gasteiger partial charge in [-0.15, -0.1) is 0 Å². The van der Waals surface area contributed by atoms with Crippen LogP contribution in [0.5, 0.6) is 23.0 Å². The molecule has 0 radical (unpaired) electrons. The molecule has 0 heterocycles. The van der Waals surface area contributed by atoms with E-state index in [1.807, 2.05) is 0 Å². The number of hydrogen-bond donors (Lipinski definition) is 1. The van der Waals surface area contributed by atoms with Gasteiger partial charge >= 0.3 is 6.09 Å². The molecule has 2 rings (SSSR count). The Balaban J connectivity index is 2.21. The summed E-state index contributed by atoms with van der Waals surface area (Å²) in [5, 5.41) is 10.6. The van der Waals surface area contributed by atoms with E-state index in [2.05, 4.69) is 0 Å². The van der Waals surface area contributed by atoms with Gasteiger partial charge in [0.1, 0.15) is 11.5 Å². The topological polar surface area (TPSA) is 114 Å². The van der Waals surface area contributed by atoms with E-state index < -0.39 is 11.0 Å². The molecule has 2 aromatic carbocycles. The molecule has 0 saturated heterocycles. The van der Waals surface area contributed by atoms with Crippen molar-refractivity contribution in [1.29, 1.82) is 0 Å². The van der Waals surface area contributed by atoms with E-state index in [0.717, 1.165) is 0 Å². The van der Waals surface area contributed by atoms with Gasteiger partial charge in [0.15, 0.2) is 11.5 Å². The molecule has 2 N–H and O–H groups in total. The summed E-state index contributed by atoms with van der Waals surface area (Å²) in [6, 6.07) is 10.0. The van der Waals surface area contributed by atoms with Crippen molar-refractivity contribution in [3.63, 3.8) is 0 Å². The fraction of sp³-hybridized carbons (Fsp3) is 0.0714. The number of primary amides is 1. The number of amides is 1. The third-order valence-electron chi connectivity index (χ3n) is 2.63. The minimum Gasteiger partial charge on any atom is -0.493 e. The van der Waals surface area contributed by atoms with Gasteiger partial charge < -0.3 is 19.9 Å². The van der Waals surface area contributed by atoms with Crippen molar-refractivity contribution < 1.29 is 23.9 Å². The average Bonchev–Trinajstić information content (AvgIpc) is 2.48. The highest BCUT2D eigenvalue weighted by Crippen LogP contribution is 2.35. The Hall–Kier alpha value is -3.29. The summed E-state index contributed by atoms with van der Waals surface area (Å²) in [6.45, 7) is 0. The second-order valence-electron chi connectivity index (χ2n) is 4.09. The number of rotatable bonds is 5. The molecule has 0 bridgehead atoms. The smallest absolute Gasteiger partial charge is 0.409 e. The maximum absolute atomic E-state index is 10.7. The van der Waals surface area contributed by atoms with Crippen LogP contribution in [0.15, 0.2) is 42.5 Å². The molecule has 8 nitrogen and oxygen atoms in total. The number of ether oxygens (including phenoxy) is 3. The lowest BCUT2D eigenvalue weighted by Crippen LogP contribution is -2.16. The van der Waals surface area contributed by atoms with Crippen molar-refractivity contribution in [2.24, 2.45) is 5.73 Å². The minimum atomic E-state index is -0.939. The number of hydrogen-bond acceptors (Lipinski definition) is 6. The Morgan fingerprint density at radius 2 is 1.73 bits per heavy atom. The van der Waals surface area contributed by atoms with Gasteiger partial charge in [0.25, 0.3) is 5.69 Å². The van der Waals surface area contributed by atoms with E-state index in [1.165, 1.54) is 49.6 Å². The molecule has 0 fully saturated rings. The fourth-order valence-electron chi connectivity index (χ4n) is 1.67. The summed E-state index contributed by atoms with van der Waals surface area (Å²) in [5.41, 5.74) is 4.89. The van der Waals surface area contributed by atoms with E-state index in [4.69, 9.17) is 19.9 Å². The molecule has 0 aliphatic rings. The van der Waals surface area contributed by atoms with Crippen LogP contribution in [0, 0.1) is 10.1 Å². The highest BCUT2D eigenvalue weighted by Gasteiger charge is 2.10. The zero-order chi connectivity index (χ0) is 16.1. The van der Waals surface area contributed by atoms with Gasteiger partial charge in [-0.25, -0.2) is 4.79 Å². The second kappa shape index (κ2) is 6.44. The van der Waals surface area contributed by atoms with Crippen LogP contribution in [0.3, 0.4) is 0 Å². The molecule has 0 unspecified atom stereocenters. The number of carbonyl (C=O) groups excluding carboxylic acids is 1. The Labute approximate surface area is 125 Å². The number of carbonyl (C=O) groups is 1. The molecule has 0 aromatic heterocycles. The van der Waals surface area contributed by atoms with Crippen LogP contribution in [0.4, 0.5) is 10.5 Å². The summed E-state index contributed by atoms with van der Waals surface area (Å²) in [4.78, 5) is 20.8. The van der Waals surface area contributed by atoms with Crippen LogP contribution in [0.1, 0.15) is 0 Å². The molecule has 0 aliphatic carbocycles. The van der Waals surface area contributed by atoms with Gasteiger partial charge in [-0.3, -0.25) is 10.1 Å². The standard InChI is InChI=1S/C14H12N2O6/c1-20-13-8-11(22-14(15)17)6-7-12(13)21-10-4-2-9(3-5-10)16(18)19/h2-8H,1H3,(H2,15,17). The van der Waals surface area contributed by atoms with Crippen LogP contribution in [-0.4, -0.2) is 18.1 Å². The first-order valence-corrected chi connectivity index (χ1v) is 6.07. The second-order valence-corrected chi connectivity index (χ2v) is 4.09. The Morgan fingerprint density at radius 1 is 1.09 bits per heavy atom. The Morgan fingerprint density at radius 3 is 2.27 bits per heavy atom. The summed E-state index contributed by atoms with van der Waals surface area (Å²) in [5.74, 6) is 1.28. The number of benzene rings is 2. The van der Waals surface area contributed by atoms with E-state index in [-0.39, 0.29) is 11.4 Å². The molecule has 114 valence electrons. The monoisotopic (exact) mass is 304 g/mol. The minimum absolute atomic E-state index is 0.0375. The zero-order valence-corrected chi connectivity index (χ0v) is 11.5. The number of nitrogens with zero attached hydrogens (tertiary/aromatic N) is 1. The third-order valence-corrected chi connectivity index (χ3v) is 2.63. The van der Waals surface area contributed by atoms with Gasteiger partial charge in [0.05, 0.1) is 12.0 Å². The van der Waals surface area contributed by atoms with Crippen LogP contribution in [-0.2, 0) is 0 Å². The first-order chi connectivity index (χ1) is 10.5. The van der Waals surface area contributed by atoms with Crippen LogP contribution < -0.4 is 19.9 Å². The summed E-state index contributed by atoms with van der Waals surface area (Å²) >= 11 is 0. The number of nitro benzene ring substituents is 1. The van der Waals surface area contributed by atoms with Crippen molar-refractivity contribution in [3.05, 3.63) is 52.6 Å². The SMILES string of the molecule is COc1cc(OC(N)=O)ccc1Oc1ccc([N+](=O)[O-])cc1. The lowest BCUT2D eigenvalue weighted by molar-refractivity contribution is -0.384. The molecule has 0 aliphatic heterocycles. The fourth-order valence-corrected chi connectivity index (χ4v) is 1.67. The van der Waals surface area contributed by atoms with Crippen LogP contribution in [0.25, 0.3) is 0 Å². The first-order valence-electron chi connectivity index (χ1n) is 6.07. The highest BCUT2D eigenvalue weighted by atomic mass is 16.6. The number of methoxy groups -OCH3 is 1. The largest absolute Gasteiger partial charge is 0.493 e. The Bertz CT molecular complexity index is 699. The molecule has 2 aromatic rings. The normalized spacial score (nSPS) is 9.86. The van der Waals surface area contributed by atoms with E-state index in [1.54, 1.807) is 0 Å². The van der Waals surface area contributed by atoms with Gasteiger partial charge in [-0.1, -0.05) is 0 Å². The first kappa shape index (κ1) is 15.1. The van der Waals surface area contributed by atoms with E-state index >= 15 is 0 Å². The number of non-ortho nitro benzene ring substituents is 1. The third kappa shape index (κ3) is 3.63. The van der Waals surface area contributed by atoms with E-state index in [9.17, 15) is 14.9 Å². The molecule has 1 amide bonds. The number of nitrogens with two attached hydrogens (primary N) is 1. The summed E-state index contributed by atoms with van der Waals surface area (Å²) < 4.78 is 15.4. The van der Waals surface area contributed by atoms with Crippen LogP contribution >= 0.6 is 0 Å². The van der Waals surface area contributed by atoms with Gasteiger partial charge in [-0.2, -0.15) is 0 Å². The Kier molecular flexibility index (Phi) is 4.42. The van der Waals surface area contributed by atoms with Crippen molar-refractivity contribution in [1.82, 2.24) is 0 Å². The van der Waals surface area contributed by atoms with Crippen molar-refractivity contribution in [2.75, 3.05) is 7.11 Å². The lowest BCUT2D eigenvalue weighted by Gasteiger charge is -2.11. The molecular weight excluding hydrogens is 292 g/mol. The van der Waals surface area contributed by atoms with Gasteiger partial charge in [0, 0.05) is 18.2 Å². The van der Waals surface area contributed by atoms with Gasteiger partial charge in [0.2, 0.25) is 0 Å². The molecule has 22 heavy (non-hydrogen) atoms. The maximum atomic E-state index is 10.7. The predicted molar refractivity (Wildman–Crippen MR) is 76.4 cm³/mol. The molecule has 0 saturated carbocycles. The summed E-state index contributed by atoms with van der Waals surface area (Å²) in [6.07, 6.45) is -0.939.